The van der Waals surface area contributed by atoms with E-state index in [1.54, 1.807) is 18.2 Å². The van der Waals surface area contributed by atoms with Crippen LogP contribution in [0, 0.1) is 17.0 Å². The number of carbonyl (C=O) groups is 1. The molecule has 138 valence electrons. The number of carbonyl (C=O) groups excluding carboxylic acids is 1. The number of nitro benzene ring substituents is 1. The number of aryl methyl sites for hydroxylation is 1. The van der Waals surface area contributed by atoms with Crippen LogP contribution < -0.4 is 5.73 Å². The Hall–Kier alpha value is -3.41. The van der Waals surface area contributed by atoms with Crippen molar-refractivity contribution in [2.45, 2.75) is 26.3 Å². The molecule has 0 aliphatic carbocycles. The lowest BCUT2D eigenvalue weighted by atomic mass is 10.1. The molecule has 0 fully saturated rings. The number of benzene rings is 2. The number of aromatic nitrogens is 1. The van der Waals surface area contributed by atoms with Gasteiger partial charge >= 0.3 is 0 Å². The molecule has 0 atom stereocenters. The summed E-state index contributed by atoms with van der Waals surface area (Å²) in [5, 5.41) is 11.1. The number of amides is 1. The second-order valence-electron chi connectivity index (χ2n) is 6.44. The van der Waals surface area contributed by atoms with Crippen LogP contribution in [0.2, 0.25) is 0 Å². The summed E-state index contributed by atoms with van der Waals surface area (Å²) in [6, 6.07) is 18.3. The van der Waals surface area contributed by atoms with E-state index in [1.807, 2.05) is 29.7 Å². The zero-order valence-electron chi connectivity index (χ0n) is 15.1. The lowest BCUT2D eigenvalue weighted by Crippen LogP contribution is -2.12. The van der Waals surface area contributed by atoms with E-state index in [9.17, 15) is 14.9 Å². The third-order valence-electron chi connectivity index (χ3n) is 4.67. The minimum atomic E-state index is -0.499. The van der Waals surface area contributed by atoms with E-state index in [-0.39, 0.29) is 5.69 Å². The van der Waals surface area contributed by atoms with Crippen LogP contribution in [0.3, 0.4) is 0 Å². The molecule has 2 N–H and O–H groups in total. The van der Waals surface area contributed by atoms with Crippen LogP contribution in [-0.4, -0.2) is 15.4 Å². The maximum absolute atomic E-state index is 11.8. The first kappa shape index (κ1) is 18.4. The number of non-ortho nitro benzene ring substituents is 1. The SMILES string of the molecule is Cc1c(C(N)=O)cc(-c2cccc([N+](=O)[O-])c2)n1CCCc1ccccc1. The van der Waals surface area contributed by atoms with Gasteiger partial charge in [0.25, 0.3) is 11.6 Å². The fraction of sp³-hybridized carbons (Fsp3) is 0.190. The summed E-state index contributed by atoms with van der Waals surface area (Å²) in [5.74, 6) is -0.499. The second kappa shape index (κ2) is 7.86. The fourth-order valence-electron chi connectivity index (χ4n) is 3.29. The molecule has 1 aromatic heterocycles. The fourth-order valence-corrected chi connectivity index (χ4v) is 3.29. The van der Waals surface area contributed by atoms with Crippen molar-refractivity contribution in [3.05, 3.63) is 87.6 Å². The molecular weight excluding hydrogens is 342 g/mol. The van der Waals surface area contributed by atoms with E-state index < -0.39 is 10.8 Å². The first-order valence-corrected chi connectivity index (χ1v) is 8.76. The first-order valence-electron chi connectivity index (χ1n) is 8.76. The molecule has 6 heteroatoms. The van der Waals surface area contributed by atoms with Crippen LogP contribution in [0.25, 0.3) is 11.3 Å². The molecule has 0 aliphatic rings. The van der Waals surface area contributed by atoms with E-state index in [0.29, 0.717) is 17.7 Å². The number of nitro groups is 1. The largest absolute Gasteiger partial charge is 0.366 e. The third kappa shape index (κ3) is 4.06. The highest BCUT2D eigenvalue weighted by Gasteiger charge is 2.18. The summed E-state index contributed by atoms with van der Waals surface area (Å²) in [5.41, 5.74) is 9.45. The maximum Gasteiger partial charge on any atom is 0.270 e. The summed E-state index contributed by atoms with van der Waals surface area (Å²) in [6.45, 7) is 2.54. The summed E-state index contributed by atoms with van der Waals surface area (Å²) in [6.07, 6.45) is 1.78. The predicted molar refractivity (Wildman–Crippen MR) is 105 cm³/mol. The number of hydrogen-bond donors (Lipinski definition) is 1. The lowest BCUT2D eigenvalue weighted by Gasteiger charge is -2.12. The molecule has 0 aliphatic heterocycles. The van der Waals surface area contributed by atoms with Crippen LogP contribution in [0.1, 0.15) is 28.0 Å². The van der Waals surface area contributed by atoms with Crippen molar-refractivity contribution in [3.63, 3.8) is 0 Å². The highest BCUT2D eigenvalue weighted by Crippen LogP contribution is 2.29. The van der Waals surface area contributed by atoms with Gasteiger partial charge in [-0.25, -0.2) is 0 Å². The third-order valence-corrected chi connectivity index (χ3v) is 4.67. The van der Waals surface area contributed by atoms with Gasteiger partial charge in [-0.15, -0.1) is 0 Å². The van der Waals surface area contributed by atoms with Gasteiger partial charge in [0.05, 0.1) is 10.5 Å². The van der Waals surface area contributed by atoms with Crippen LogP contribution in [0.5, 0.6) is 0 Å². The van der Waals surface area contributed by atoms with E-state index in [2.05, 4.69) is 12.1 Å². The normalized spacial score (nSPS) is 10.7. The Balaban J connectivity index is 1.93. The Morgan fingerprint density at radius 3 is 2.52 bits per heavy atom. The Morgan fingerprint density at radius 1 is 1.11 bits per heavy atom. The van der Waals surface area contributed by atoms with E-state index >= 15 is 0 Å². The van der Waals surface area contributed by atoms with Crippen LogP contribution in [-0.2, 0) is 13.0 Å². The van der Waals surface area contributed by atoms with Crippen molar-refractivity contribution in [3.8, 4) is 11.3 Å². The van der Waals surface area contributed by atoms with Gasteiger partial charge in [0, 0.05) is 35.6 Å². The Kier molecular flexibility index (Phi) is 5.35. The molecule has 3 rings (SSSR count). The van der Waals surface area contributed by atoms with Crippen molar-refractivity contribution >= 4 is 11.6 Å². The zero-order chi connectivity index (χ0) is 19.4. The molecule has 0 bridgehead atoms. The smallest absolute Gasteiger partial charge is 0.270 e. The molecule has 0 unspecified atom stereocenters. The summed E-state index contributed by atoms with van der Waals surface area (Å²) in [4.78, 5) is 22.5. The molecule has 0 radical (unpaired) electrons. The van der Waals surface area contributed by atoms with Gasteiger partial charge in [-0.2, -0.15) is 0 Å². The highest BCUT2D eigenvalue weighted by atomic mass is 16.6. The van der Waals surface area contributed by atoms with Gasteiger partial charge in [-0.1, -0.05) is 42.5 Å². The van der Waals surface area contributed by atoms with Gasteiger partial charge in [0.1, 0.15) is 0 Å². The molecular formula is C21H21N3O3. The summed E-state index contributed by atoms with van der Waals surface area (Å²) < 4.78 is 2.02. The molecule has 2 aromatic carbocycles. The minimum Gasteiger partial charge on any atom is -0.366 e. The lowest BCUT2D eigenvalue weighted by molar-refractivity contribution is -0.384. The molecule has 27 heavy (non-hydrogen) atoms. The van der Waals surface area contributed by atoms with E-state index in [4.69, 9.17) is 5.73 Å². The quantitative estimate of drug-likeness (QED) is 0.506. The second-order valence-corrected chi connectivity index (χ2v) is 6.44. The molecule has 0 saturated carbocycles. The summed E-state index contributed by atoms with van der Waals surface area (Å²) >= 11 is 0. The van der Waals surface area contributed by atoms with Crippen molar-refractivity contribution in [2.24, 2.45) is 5.73 Å². The molecule has 3 aromatic rings. The van der Waals surface area contributed by atoms with Gasteiger partial charge in [-0.3, -0.25) is 14.9 Å². The number of hydrogen-bond acceptors (Lipinski definition) is 3. The molecule has 6 nitrogen and oxygen atoms in total. The van der Waals surface area contributed by atoms with Crippen LogP contribution in [0.4, 0.5) is 5.69 Å². The zero-order valence-corrected chi connectivity index (χ0v) is 15.1. The number of rotatable bonds is 7. The average molecular weight is 363 g/mol. The average Bonchev–Trinajstić information content (AvgIpc) is 3.00. The molecule has 0 saturated heterocycles. The number of primary amides is 1. The van der Waals surface area contributed by atoms with Gasteiger partial charge < -0.3 is 10.3 Å². The van der Waals surface area contributed by atoms with Crippen molar-refractivity contribution in [1.82, 2.24) is 4.57 Å². The summed E-state index contributed by atoms with van der Waals surface area (Å²) in [7, 11) is 0. The Bertz CT molecular complexity index is 978. The van der Waals surface area contributed by atoms with Crippen molar-refractivity contribution in [1.29, 1.82) is 0 Å². The van der Waals surface area contributed by atoms with Crippen molar-refractivity contribution < 1.29 is 9.72 Å². The van der Waals surface area contributed by atoms with Gasteiger partial charge in [-0.05, 0) is 31.4 Å². The minimum absolute atomic E-state index is 0.0165. The van der Waals surface area contributed by atoms with Gasteiger partial charge in [0.2, 0.25) is 0 Å². The Morgan fingerprint density at radius 2 is 1.85 bits per heavy atom. The highest BCUT2D eigenvalue weighted by molar-refractivity contribution is 5.95. The first-order chi connectivity index (χ1) is 13.0. The molecule has 1 heterocycles. The monoisotopic (exact) mass is 363 g/mol. The van der Waals surface area contributed by atoms with E-state index in [0.717, 1.165) is 24.2 Å². The number of nitrogens with two attached hydrogens (primary N) is 1. The standard InChI is InChI=1S/C21H21N3O3/c1-15-19(21(22)25)14-20(17-10-5-11-18(13-17)24(26)27)23(15)12-6-9-16-7-3-2-4-8-16/h2-5,7-8,10-11,13-14H,6,9,12H2,1H3,(H2,22,25). The van der Waals surface area contributed by atoms with E-state index in [1.165, 1.54) is 17.7 Å². The van der Waals surface area contributed by atoms with Crippen LogP contribution >= 0.6 is 0 Å². The van der Waals surface area contributed by atoms with Crippen LogP contribution in [0.15, 0.2) is 60.7 Å². The molecule has 0 spiro atoms. The topological polar surface area (TPSA) is 91.2 Å². The Labute approximate surface area is 157 Å². The van der Waals surface area contributed by atoms with Crippen molar-refractivity contribution in [2.75, 3.05) is 0 Å². The van der Waals surface area contributed by atoms with Gasteiger partial charge in [0.15, 0.2) is 0 Å². The predicted octanol–water partition coefficient (Wildman–Crippen LogP) is 4.10. The maximum atomic E-state index is 11.8. The number of nitrogens with zero attached hydrogens (tertiary/aromatic N) is 2. The molecule has 1 amide bonds.